The normalized spacial score (nSPS) is 24.7. The Hall–Kier alpha value is -2.27. The number of pyridine rings is 2. The van der Waals surface area contributed by atoms with Gasteiger partial charge >= 0.3 is 0 Å². The Morgan fingerprint density at radius 3 is 3.00 bits per heavy atom. The van der Waals surface area contributed by atoms with Crippen molar-refractivity contribution in [3.63, 3.8) is 0 Å². The highest BCUT2D eigenvalue weighted by atomic mass is 16.5. The number of fused-ring (bicyclic) bond motifs is 1. The quantitative estimate of drug-likeness (QED) is 0.830. The van der Waals surface area contributed by atoms with Crippen LogP contribution in [0.5, 0.6) is 0 Å². The second kappa shape index (κ2) is 7.16. The van der Waals surface area contributed by atoms with Gasteiger partial charge in [-0.2, -0.15) is 0 Å². The fraction of sp³-hybridized carbons (Fsp3) is 0.476. The summed E-state index contributed by atoms with van der Waals surface area (Å²) in [5.41, 5.74) is 2.66. The largest absolute Gasteiger partial charge is 0.375 e. The molecule has 136 valence electrons. The monoisotopic (exact) mass is 351 g/mol. The van der Waals surface area contributed by atoms with E-state index in [1.165, 1.54) is 12.8 Å². The lowest BCUT2D eigenvalue weighted by atomic mass is 9.81. The third-order valence-electron chi connectivity index (χ3n) is 5.85. The lowest BCUT2D eigenvalue weighted by molar-refractivity contribution is 0.0252. The molecule has 0 aromatic carbocycles. The van der Waals surface area contributed by atoms with Crippen LogP contribution in [-0.4, -0.2) is 40.5 Å². The number of nitrogens with zero attached hydrogens (tertiary/aromatic N) is 3. The Morgan fingerprint density at radius 1 is 1.31 bits per heavy atom. The van der Waals surface area contributed by atoms with E-state index in [1.807, 2.05) is 42.2 Å². The van der Waals surface area contributed by atoms with E-state index in [0.717, 1.165) is 30.9 Å². The molecule has 26 heavy (non-hydrogen) atoms. The molecule has 2 aliphatic rings. The van der Waals surface area contributed by atoms with Crippen LogP contribution in [0.4, 0.5) is 0 Å². The predicted octanol–water partition coefficient (Wildman–Crippen LogP) is 3.24. The maximum absolute atomic E-state index is 12.9. The molecule has 3 heterocycles. The number of ether oxygens (including phenoxy) is 1. The topological polar surface area (TPSA) is 55.3 Å². The molecule has 4 rings (SSSR count). The molecule has 5 nitrogen and oxygen atoms in total. The molecule has 0 radical (unpaired) electrons. The highest BCUT2D eigenvalue weighted by Crippen LogP contribution is 2.49. The van der Waals surface area contributed by atoms with Crippen LogP contribution in [0.2, 0.25) is 0 Å². The van der Waals surface area contributed by atoms with Crippen molar-refractivity contribution in [2.24, 2.45) is 11.3 Å². The molecular weight excluding hydrogens is 326 g/mol. The van der Waals surface area contributed by atoms with E-state index in [2.05, 4.69) is 9.97 Å². The number of amides is 1. The fourth-order valence-electron chi connectivity index (χ4n) is 4.42. The molecule has 5 heteroatoms. The van der Waals surface area contributed by atoms with Crippen molar-refractivity contribution in [2.75, 3.05) is 19.7 Å². The van der Waals surface area contributed by atoms with E-state index in [4.69, 9.17) is 4.74 Å². The summed E-state index contributed by atoms with van der Waals surface area (Å²) in [6, 6.07) is 9.65. The van der Waals surface area contributed by atoms with Gasteiger partial charge in [0.25, 0.3) is 5.91 Å². The standard InChI is InChI=1S/C21H25N3O2/c1-16-7-8-17(11-23-16)20(25)24-12-18-5-4-9-21(18,14-24)15-26-13-19-6-2-3-10-22-19/h2-3,6-8,10-11,18H,4-5,9,12-15H2,1H3/t18-,21+/m1/s1. The summed E-state index contributed by atoms with van der Waals surface area (Å²) in [6.45, 7) is 4.78. The molecule has 0 bridgehead atoms. The molecule has 1 saturated heterocycles. The van der Waals surface area contributed by atoms with Crippen LogP contribution in [0.15, 0.2) is 42.7 Å². The zero-order valence-corrected chi connectivity index (χ0v) is 15.2. The van der Waals surface area contributed by atoms with Gasteiger partial charge in [-0.25, -0.2) is 0 Å². The summed E-state index contributed by atoms with van der Waals surface area (Å²) in [5.74, 6) is 0.629. The zero-order chi connectivity index (χ0) is 18.0. The Kier molecular flexibility index (Phi) is 4.72. The number of carbonyl (C=O) groups excluding carboxylic acids is 1. The van der Waals surface area contributed by atoms with Crippen LogP contribution in [0, 0.1) is 18.3 Å². The third-order valence-corrected chi connectivity index (χ3v) is 5.85. The Labute approximate surface area is 154 Å². The van der Waals surface area contributed by atoms with Crippen molar-refractivity contribution in [1.29, 1.82) is 0 Å². The Morgan fingerprint density at radius 2 is 2.23 bits per heavy atom. The first kappa shape index (κ1) is 17.2. The first-order chi connectivity index (χ1) is 12.7. The molecule has 1 saturated carbocycles. The number of carbonyl (C=O) groups is 1. The summed E-state index contributed by atoms with van der Waals surface area (Å²) in [5, 5.41) is 0. The van der Waals surface area contributed by atoms with Gasteiger partial charge in [0, 0.05) is 36.6 Å². The van der Waals surface area contributed by atoms with Gasteiger partial charge in [0.1, 0.15) is 0 Å². The summed E-state index contributed by atoms with van der Waals surface area (Å²) >= 11 is 0. The van der Waals surface area contributed by atoms with Gasteiger partial charge in [-0.05, 0) is 49.9 Å². The molecule has 0 N–H and O–H groups in total. The highest BCUT2D eigenvalue weighted by Gasteiger charge is 2.50. The van der Waals surface area contributed by atoms with E-state index in [9.17, 15) is 4.79 Å². The molecule has 2 atom stereocenters. The van der Waals surface area contributed by atoms with E-state index < -0.39 is 0 Å². The first-order valence-corrected chi connectivity index (χ1v) is 9.36. The van der Waals surface area contributed by atoms with Gasteiger partial charge in [-0.15, -0.1) is 0 Å². The number of likely N-dealkylation sites (tertiary alicyclic amines) is 1. The lowest BCUT2D eigenvalue weighted by Crippen LogP contribution is -2.34. The Bertz CT molecular complexity index is 763. The first-order valence-electron chi connectivity index (χ1n) is 9.36. The molecule has 2 aromatic heterocycles. The van der Waals surface area contributed by atoms with Crippen molar-refractivity contribution < 1.29 is 9.53 Å². The van der Waals surface area contributed by atoms with Gasteiger partial charge in [0.2, 0.25) is 0 Å². The second-order valence-electron chi connectivity index (χ2n) is 7.64. The SMILES string of the molecule is Cc1ccc(C(=O)N2C[C@H]3CCC[C@@]3(COCc3ccccn3)C2)cn1. The van der Waals surface area contributed by atoms with Gasteiger partial charge < -0.3 is 9.64 Å². The smallest absolute Gasteiger partial charge is 0.255 e. The number of aromatic nitrogens is 2. The van der Waals surface area contributed by atoms with E-state index >= 15 is 0 Å². The number of rotatable bonds is 5. The lowest BCUT2D eigenvalue weighted by Gasteiger charge is -2.28. The third kappa shape index (κ3) is 3.36. The maximum atomic E-state index is 12.9. The van der Waals surface area contributed by atoms with Crippen molar-refractivity contribution in [1.82, 2.24) is 14.9 Å². The summed E-state index contributed by atoms with van der Waals surface area (Å²) in [4.78, 5) is 23.4. The molecule has 1 aliphatic heterocycles. The Balaban J connectivity index is 1.41. The summed E-state index contributed by atoms with van der Waals surface area (Å²) in [6.07, 6.45) is 7.03. The van der Waals surface area contributed by atoms with Crippen LogP contribution in [0.25, 0.3) is 0 Å². The van der Waals surface area contributed by atoms with Gasteiger partial charge in [0.05, 0.1) is 24.5 Å². The van der Waals surface area contributed by atoms with Crippen molar-refractivity contribution in [3.05, 3.63) is 59.7 Å². The summed E-state index contributed by atoms with van der Waals surface area (Å²) in [7, 11) is 0. The minimum atomic E-state index is 0.0935. The molecular formula is C21H25N3O2. The van der Waals surface area contributed by atoms with Crippen LogP contribution < -0.4 is 0 Å². The molecule has 2 fully saturated rings. The van der Waals surface area contributed by atoms with Crippen LogP contribution in [0.1, 0.15) is 41.0 Å². The average molecular weight is 351 g/mol. The van der Waals surface area contributed by atoms with Gasteiger partial charge in [0.15, 0.2) is 0 Å². The molecule has 1 amide bonds. The van der Waals surface area contributed by atoms with E-state index in [0.29, 0.717) is 24.7 Å². The van der Waals surface area contributed by atoms with Crippen LogP contribution in [-0.2, 0) is 11.3 Å². The number of hydrogen-bond donors (Lipinski definition) is 0. The highest BCUT2D eigenvalue weighted by molar-refractivity contribution is 5.94. The van der Waals surface area contributed by atoms with Gasteiger partial charge in [-0.1, -0.05) is 12.5 Å². The summed E-state index contributed by atoms with van der Waals surface area (Å²) < 4.78 is 6.04. The van der Waals surface area contributed by atoms with Crippen molar-refractivity contribution in [3.8, 4) is 0 Å². The average Bonchev–Trinajstić information content (AvgIpc) is 3.20. The van der Waals surface area contributed by atoms with Crippen molar-refractivity contribution in [2.45, 2.75) is 32.8 Å². The molecule has 1 aliphatic carbocycles. The molecule has 0 spiro atoms. The van der Waals surface area contributed by atoms with E-state index in [-0.39, 0.29) is 11.3 Å². The number of hydrogen-bond acceptors (Lipinski definition) is 4. The van der Waals surface area contributed by atoms with Crippen molar-refractivity contribution >= 4 is 5.91 Å². The van der Waals surface area contributed by atoms with E-state index in [1.54, 1.807) is 12.4 Å². The molecule has 2 aromatic rings. The second-order valence-corrected chi connectivity index (χ2v) is 7.64. The minimum Gasteiger partial charge on any atom is -0.375 e. The predicted molar refractivity (Wildman–Crippen MR) is 98.5 cm³/mol. The van der Waals surface area contributed by atoms with Gasteiger partial charge in [-0.3, -0.25) is 14.8 Å². The maximum Gasteiger partial charge on any atom is 0.255 e. The van der Waals surface area contributed by atoms with Crippen LogP contribution >= 0.6 is 0 Å². The molecule has 0 unspecified atom stereocenters. The fourth-order valence-corrected chi connectivity index (χ4v) is 4.42. The van der Waals surface area contributed by atoms with Crippen LogP contribution in [0.3, 0.4) is 0 Å². The minimum absolute atomic E-state index is 0.0935. The zero-order valence-electron chi connectivity index (χ0n) is 15.2. The number of aryl methyl sites for hydroxylation is 1.